The summed E-state index contributed by atoms with van der Waals surface area (Å²) in [6, 6.07) is 13.7. The van der Waals surface area contributed by atoms with E-state index in [0.29, 0.717) is 12.1 Å². The SMILES string of the molecule is COC(=O)CCC[C@@H](COC(=O)Nc1cc(-c2ccccc2)no1)N(NCc1cccc(F)c1F)C(C)=O. The average Bonchev–Trinajstić information content (AvgIpc) is 3.37. The van der Waals surface area contributed by atoms with E-state index in [1.54, 1.807) is 0 Å². The lowest BCUT2D eigenvalue weighted by Crippen LogP contribution is -2.50. The fraction of sp³-hybridized carbons (Fsp3) is 0.308. The molecule has 1 atom stereocenters. The van der Waals surface area contributed by atoms with Gasteiger partial charge in [0.05, 0.1) is 13.2 Å². The second-order valence-electron chi connectivity index (χ2n) is 8.22. The third-order valence-electron chi connectivity index (χ3n) is 5.53. The minimum absolute atomic E-state index is 0.00256. The predicted octanol–water partition coefficient (Wildman–Crippen LogP) is 4.43. The van der Waals surface area contributed by atoms with E-state index < -0.39 is 35.6 Å². The molecule has 3 rings (SSSR count). The van der Waals surface area contributed by atoms with Gasteiger partial charge in [-0.3, -0.25) is 19.9 Å². The maximum Gasteiger partial charge on any atom is 0.414 e. The highest BCUT2D eigenvalue weighted by Gasteiger charge is 2.24. The lowest BCUT2D eigenvalue weighted by molar-refractivity contribution is -0.140. The van der Waals surface area contributed by atoms with E-state index >= 15 is 0 Å². The molecule has 1 heterocycles. The van der Waals surface area contributed by atoms with Crippen LogP contribution in [-0.4, -0.2) is 47.9 Å². The third-order valence-corrected chi connectivity index (χ3v) is 5.53. The second-order valence-corrected chi connectivity index (χ2v) is 8.22. The fourth-order valence-electron chi connectivity index (χ4n) is 3.61. The van der Waals surface area contributed by atoms with Gasteiger partial charge in [-0.15, -0.1) is 0 Å². The van der Waals surface area contributed by atoms with E-state index in [4.69, 9.17) is 9.26 Å². The Labute approximate surface area is 217 Å². The summed E-state index contributed by atoms with van der Waals surface area (Å²) in [7, 11) is 1.26. The number of esters is 1. The number of carbonyl (C=O) groups is 3. The van der Waals surface area contributed by atoms with Crippen molar-refractivity contribution in [2.45, 2.75) is 38.8 Å². The normalized spacial score (nSPS) is 11.5. The number of amides is 2. The van der Waals surface area contributed by atoms with Gasteiger partial charge in [-0.05, 0) is 18.9 Å². The molecule has 0 saturated carbocycles. The predicted molar refractivity (Wildman–Crippen MR) is 132 cm³/mol. The van der Waals surface area contributed by atoms with Gasteiger partial charge in [-0.2, -0.15) is 0 Å². The second kappa shape index (κ2) is 13.8. The zero-order valence-corrected chi connectivity index (χ0v) is 20.9. The first kappa shape index (κ1) is 28.3. The first-order valence-electron chi connectivity index (χ1n) is 11.8. The number of halogens is 2. The van der Waals surface area contributed by atoms with Crippen molar-refractivity contribution in [2.24, 2.45) is 0 Å². The molecule has 0 aliphatic heterocycles. The van der Waals surface area contributed by atoms with Crippen LogP contribution in [0.5, 0.6) is 0 Å². The minimum Gasteiger partial charge on any atom is -0.469 e. The molecular weight excluding hydrogens is 502 g/mol. The Bertz CT molecular complexity index is 1240. The van der Waals surface area contributed by atoms with Crippen LogP contribution in [0.2, 0.25) is 0 Å². The first-order valence-corrected chi connectivity index (χ1v) is 11.8. The number of anilines is 1. The summed E-state index contributed by atoms with van der Waals surface area (Å²) in [5.74, 6) is -2.90. The molecule has 0 aliphatic rings. The van der Waals surface area contributed by atoms with Crippen LogP contribution < -0.4 is 10.7 Å². The zero-order valence-electron chi connectivity index (χ0n) is 20.9. The number of benzene rings is 2. The van der Waals surface area contributed by atoms with E-state index in [2.05, 4.69) is 20.6 Å². The van der Waals surface area contributed by atoms with Gasteiger partial charge in [0.1, 0.15) is 12.3 Å². The highest BCUT2D eigenvalue weighted by molar-refractivity contribution is 5.83. The van der Waals surface area contributed by atoms with Crippen molar-refractivity contribution < 1.29 is 37.2 Å². The smallest absolute Gasteiger partial charge is 0.414 e. The highest BCUT2D eigenvalue weighted by atomic mass is 19.2. The summed E-state index contributed by atoms with van der Waals surface area (Å²) in [5.41, 5.74) is 4.08. The van der Waals surface area contributed by atoms with Crippen LogP contribution in [-0.2, 0) is 25.6 Å². The number of nitrogens with zero attached hydrogens (tertiary/aromatic N) is 2. The number of hydrogen-bond acceptors (Lipinski definition) is 8. The summed E-state index contributed by atoms with van der Waals surface area (Å²) in [6.07, 6.45) is -0.242. The molecule has 0 fully saturated rings. The maximum atomic E-state index is 14.1. The van der Waals surface area contributed by atoms with Gasteiger partial charge in [-0.1, -0.05) is 47.6 Å². The summed E-state index contributed by atoms with van der Waals surface area (Å²) < 4.78 is 42.8. The number of hydrazine groups is 1. The monoisotopic (exact) mass is 530 g/mol. The molecule has 12 heteroatoms. The number of ether oxygens (including phenoxy) is 2. The topological polar surface area (TPSA) is 123 Å². The van der Waals surface area contributed by atoms with Crippen LogP contribution in [0.1, 0.15) is 31.7 Å². The molecule has 0 unspecified atom stereocenters. The Kier molecular flexibility index (Phi) is 10.3. The van der Waals surface area contributed by atoms with Crippen molar-refractivity contribution in [1.29, 1.82) is 0 Å². The van der Waals surface area contributed by atoms with E-state index in [-0.39, 0.29) is 37.4 Å². The standard InChI is InChI=1S/C26H28F2N4O6/c1-17(33)32(29-15-19-10-6-12-21(27)25(19)28)20(11-7-13-24(34)36-2)16-37-26(35)30-23-14-22(31-38-23)18-8-4-3-5-9-18/h3-6,8-10,12,14,20,29H,7,11,13,15-16H2,1-2H3,(H,30,35)/t20-/m0/s1. The molecule has 1 aromatic heterocycles. The molecule has 0 aliphatic carbocycles. The van der Waals surface area contributed by atoms with E-state index in [1.807, 2.05) is 30.3 Å². The molecule has 0 bridgehead atoms. The van der Waals surface area contributed by atoms with Crippen molar-refractivity contribution in [1.82, 2.24) is 15.6 Å². The molecule has 3 aromatic rings. The Hall–Kier alpha value is -4.32. The number of rotatable bonds is 12. The van der Waals surface area contributed by atoms with Gasteiger partial charge in [0.25, 0.3) is 0 Å². The number of aromatic nitrogens is 1. The average molecular weight is 531 g/mol. The minimum atomic E-state index is -1.04. The van der Waals surface area contributed by atoms with Crippen LogP contribution in [0.25, 0.3) is 11.3 Å². The van der Waals surface area contributed by atoms with Crippen molar-refractivity contribution in [2.75, 3.05) is 19.0 Å². The largest absolute Gasteiger partial charge is 0.469 e. The highest BCUT2D eigenvalue weighted by Crippen LogP contribution is 2.21. The van der Waals surface area contributed by atoms with Gasteiger partial charge in [0, 0.05) is 37.1 Å². The quantitative estimate of drug-likeness (QED) is 0.260. The van der Waals surface area contributed by atoms with Gasteiger partial charge < -0.3 is 14.0 Å². The molecule has 202 valence electrons. The Morgan fingerprint density at radius 2 is 1.87 bits per heavy atom. The molecule has 0 radical (unpaired) electrons. The van der Waals surface area contributed by atoms with Crippen LogP contribution in [0.4, 0.5) is 19.5 Å². The Morgan fingerprint density at radius 3 is 2.58 bits per heavy atom. The van der Waals surface area contributed by atoms with Crippen LogP contribution in [0.3, 0.4) is 0 Å². The Balaban J connectivity index is 1.64. The Morgan fingerprint density at radius 1 is 1.11 bits per heavy atom. The molecular formula is C26H28F2N4O6. The maximum absolute atomic E-state index is 14.1. The van der Waals surface area contributed by atoms with E-state index in [1.165, 1.54) is 32.2 Å². The summed E-state index contributed by atoms with van der Waals surface area (Å²) >= 11 is 0. The van der Waals surface area contributed by atoms with Crippen molar-refractivity contribution >= 4 is 23.9 Å². The number of hydrogen-bond donors (Lipinski definition) is 2. The molecule has 0 saturated heterocycles. The molecule has 2 N–H and O–H groups in total. The van der Waals surface area contributed by atoms with E-state index in [0.717, 1.165) is 16.6 Å². The molecule has 2 aromatic carbocycles. The van der Waals surface area contributed by atoms with Gasteiger partial charge in [-0.25, -0.2) is 19.0 Å². The zero-order chi connectivity index (χ0) is 27.5. The summed E-state index contributed by atoms with van der Waals surface area (Å²) in [5, 5.41) is 7.50. The molecule has 10 nitrogen and oxygen atoms in total. The molecule has 2 amide bonds. The lowest BCUT2D eigenvalue weighted by atomic mass is 10.1. The van der Waals surface area contributed by atoms with Crippen LogP contribution in [0, 0.1) is 11.6 Å². The third kappa shape index (κ3) is 8.10. The van der Waals surface area contributed by atoms with Crippen molar-refractivity contribution in [3.8, 4) is 11.3 Å². The van der Waals surface area contributed by atoms with Crippen molar-refractivity contribution in [3.05, 3.63) is 71.8 Å². The van der Waals surface area contributed by atoms with Crippen LogP contribution in [0.15, 0.2) is 59.1 Å². The van der Waals surface area contributed by atoms with Gasteiger partial charge in [0.15, 0.2) is 11.6 Å². The number of methoxy groups -OCH3 is 1. The van der Waals surface area contributed by atoms with E-state index in [9.17, 15) is 23.2 Å². The summed E-state index contributed by atoms with van der Waals surface area (Å²) in [4.78, 5) is 36.4. The first-order chi connectivity index (χ1) is 18.3. The molecule has 0 spiro atoms. The molecule has 38 heavy (non-hydrogen) atoms. The van der Waals surface area contributed by atoms with Crippen LogP contribution >= 0.6 is 0 Å². The lowest BCUT2D eigenvalue weighted by Gasteiger charge is -2.31. The fourth-order valence-corrected chi connectivity index (χ4v) is 3.61. The number of nitrogens with one attached hydrogen (secondary N) is 2. The summed E-state index contributed by atoms with van der Waals surface area (Å²) in [6.45, 7) is 0.788. The number of carbonyl (C=O) groups excluding carboxylic acids is 3. The van der Waals surface area contributed by atoms with Gasteiger partial charge in [0.2, 0.25) is 11.8 Å². The van der Waals surface area contributed by atoms with Gasteiger partial charge >= 0.3 is 12.1 Å². The van der Waals surface area contributed by atoms with Crippen molar-refractivity contribution in [3.63, 3.8) is 0 Å².